The van der Waals surface area contributed by atoms with Crippen molar-refractivity contribution in [2.45, 2.75) is 11.8 Å². The van der Waals surface area contributed by atoms with E-state index in [2.05, 4.69) is 31.9 Å². The molecule has 0 fully saturated rings. The highest BCUT2D eigenvalue weighted by Gasteiger charge is 2.12. The number of rotatable bonds is 2. The highest BCUT2D eigenvalue weighted by Crippen LogP contribution is 2.18. The van der Waals surface area contributed by atoms with Crippen LogP contribution in [0.15, 0.2) is 22.7 Å². The number of nitrogens with zero attached hydrogens (tertiary/aromatic N) is 1. The van der Waals surface area contributed by atoms with E-state index in [4.69, 9.17) is 5.26 Å². The van der Waals surface area contributed by atoms with E-state index in [1.807, 2.05) is 6.07 Å². The molecule has 2 nitrogen and oxygen atoms in total. The molecule has 0 aliphatic rings. The van der Waals surface area contributed by atoms with Crippen LogP contribution in [0.2, 0.25) is 0 Å². The zero-order chi connectivity index (χ0) is 10.7. The quantitative estimate of drug-likeness (QED) is 0.620. The molecule has 4 heteroatoms. The summed E-state index contributed by atoms with van der Waals surface area (Å²) in [7, 11) is 0. The van der Waals surface area contributed by atoms with E-state index in [0.717, 1.165) is 4.47 Å². The van der Waals surface area contributed by atoms with Crippen LogP contribution in [0.4, 0.5) is 0 Å². The van der Waals surface area contributed by atoms with Crippen LogP contribution in [0.25, 0.3) is 0 Å². The lowest BCUT2D eigenvalue weighted by Gasteiger charge is -2.03. The summed E-state index contributed by atoms with van der Waals surface area (Å²) in [5.74, 6) is -0.0252. The largest absolute Gasteiger partial charge is 0.293 e. The van der Waals surface area contributed by atoms with Gasteiger partial charge in [-0.3, -0.25) is 4.79 Å². The molecule has 0 aliphatic carbocycles. The monoisotopic (exact) mass is 315 g/mol. The number of hydrogen-bond acceptors (Lipinski definition) is 2. The molecule has 0 saturated heterocycles. The van der Waals surface area contributed by atoms with Gasteiger partial charge in [-0.25, -0.2) is 0 Å². The fraction of sp³-hybridized carbons (Fsp3) is 0.200. The van der Waals surface area contributed by atoms with Crippen LogP contribution in [0.5, 0.6) is 0 Å². The first-order chi connectivity index (χ1) is 6.54. The second-order valence-corrected chi connectivity index (χ2v) is 5.11. The molecule has 72 valence electrons. The van der Waals surface area contributed by atoms with E-state index in [9.17, 15) is 4.79 Å². The Labute approximate surface area is 99.2 Å². The summed E-state index contributed by atoms with van der Waals surface area (Å²) in [5.41, 5.74) is 1.02. The van der Waals surface area contributed by atoms with Gasteiger partial charge in [-0.05, 0) is 25.1 Å². The second kappa shape index (κ2) is 4.72. The van der Waals surface area contributed by atoms with Crippen molar-refractivity contribution in [3.63, 3.8) is 0 Å². The van der Waals surface area contributed by atoms with E-state index >= 15 is 0 Å². The van der Waals surface area contributed by atoms with Gasteiger partial charge in [0.15, 0.2) is 5.78 Å². The summed E-state index contributed by atoms with van der Waals surface area (Å²) in [4.78, 5) is 11.4. The number of Topliss-reactive ketones (excluding diaryl/α,β-unsaturated/α-hetero) is 1. The topological polar surface area (TPSA) is 40.9 Å². The molecular weight excluding hydrogens is 310 g/mol. The lowest BCUT2D eigenvalue weighted by Crippen LogP contribution is -2.10. The van der Waals surface area contributed by atoms with Crippen molar-refractivity contribution in [1.82, 2.24) is 0 Å². The Morgan fingerprint density at radius 2 is 2.14 bits per heavy atom. The molecule has 0 aliphatic heterocycles. The minimum absolute atomic E-state index is 0.0252. The highest BCUT2D eigenvalue weighted by molar-refractivity contribution is 9.10. The van der Waals surface area contributed by atoms with Gasteiger partial charge in [-0.2, -0.15) is 5.26 Å². The van der Waals surface area contributed by atoms with E-state index in [1.165, 1.54) is 0 Å². The Hall–Kier alpha value is -0.660. The number of nitriles is 1. The van der Waals surface area contributed by atoms with Crippen LogP contribution in [-0.4, -0.2) is 10.6 Å². The highest BCUT2D eigenvalue weighted by atomic mass is 79.9. The molecule has 1 atom stereocenters. The Morgan fingerprint density at radius 1 is 1.50 bits per heavy atom. The van der Waals surface area contributed by atoms with Gasteiger partial charge >= 0.3 is 0 Å². The van der Waals surface area contributed by atoms with Gasteiger partial charge < -0.3 is 0 Å². The smallest absolute Gasteiger partial charge is 0.176 e. The molecule has 1 unspecified atom stereocenters. The predicted molar refractivity (Wildman–Crippen MR) is 61.6 cm³/mol. The molecule has 0 bridgehead atoms. The molecule has 0 amide bonds. The van der Waals surface area contributed by atoms with Crippen LogP contribution in [0, 0.1) is 11.3 Å². The maximum absolute atomic E-state index is 11.6. The molecule has 1 aromatic carbocycles. The number of ketones is 1. The van der Waals surface area contributed by atoms with Gasteiger partial charge in [-0.1, -0.05) is 31.9 Å². The maximum atomic E-state index is 11.6. The van der Waals surface area contributed by atoms with Crippen LogP contribution >= 0.6 is 31.9 Å². The van der Waals surface area contributed by atoms with Crippen LogP contribution < -0.4 is 0 Å². The summed E-state index contributed by atoms with van der Waals surface area (Å²) in [6.45, 7) is 1.76. The summed E-state index contributed by atoms with van der Waals surface area (Å²) in [6, 6.07) is 6.98. The third-order valence-corrected chi connectivity index (χ3v) is 2.55. The third kappa shape index (κ3) is 2.66. The summed E-state index contributed by atoms with van der Waals surface area (Å²) >= 11 is 6.45. The average Bonchev–Trinajstić information content (AvgIpc) is 2.15. The van der Waals surface area contributed by atoms with E-state index in [0.29, 0.717) is 11.1 Å². The number of carbonyl (C=O) groups is 1. The molecule has 1 rings (SSSR count). The maximum Gasteiger partial charge on any atom is 0.176 e. The third-order valence-electron chi connectivity index (χ3n) is 1.67. The van der Waals surface area contributed by atoms with Crippen molar-refractivity contribution < 1.29 is 4.79 Å². The molecule has 0 heterocycles. The van der Waals surface area contributed by atoms with Gasteiger partial charge in [0, 0.05) is 10.0 Å². The van der Waals surface area contributed by atoms with Gasteiger partial charge in [0.25, 0.3) is 0 Å². The Kier molecular flexibility index (Phi) is 3.85. The summed E-state index contributed by atoms with van der Waals surface area (Å²) in [5, 5.41) is 8.71. The van der Waals surface area contributed by atoms with E-state index < -0.39 is 0 Å². The zero-order valence-corrected chi connectivity index (χ0v) is 10.6. The zero-order valence-electron chi connectivity index (χ0n) is 7.42. The van der Waals surface area contributed by atoms with Crippen molar-refractivity contribution in [2.24, 2.45) is 0 Å². The number of halogens is 2. The van der Waals surface area contributed by atoms with Crippen LogP contribution in [-0.2, 0) is 0 Å². The van der Waals surface area contributed by atoms with Gasteiger partial charge in [0.1, 0.15) is 0 Å². The second-order valence-electron chi connectivity index (χ2n) is 2.82. The van der Waals surface area contributed by atoms with E-state index in [-0.39, 0.29) is 10.6 Å². The Bertz CT molecular complexity index is 407. The molecule has 14 heavy (non-hydrogen) atoms. The van der Waals surface area contributed by atoms with Crippen molar-refractivity contribution in [3.05, 3.63) is 33.8 Å². The number of hydrogen-bond donors (Lipinski definition) is 0. The lowest BCUT2D eigenvalue weighted by atomic mass is 10.1. The molecule has 1 aromatic rings. The first kappa shape index (κ1) is 11.4. The molecule has 0 N–H and O–H groups in total. The predicted octanol–water partition coefficient (Wildman–Crippen LogP) is 3.29. The SMILES string of the molecule is CC(Br)C(=O)c1cc(Br)cc(C#N)c1. The summed E-state index contributed by atoms with van der Waals surface area (Å²) < 4.78 is 0.744. The molecular formula is C10H7Br2NO. The fourth-order valence-corrected chi connectivity index (χ4v) is 1.78. The standard InChI is InChI=1S/C10H7Br2NO/c1-6(11)10(14)8-2-7(5-13)3-9(12)4-8/h2-4,6H,1H3. The number of alkyl halides is 1. The van der Waals surface area contributed by atoms with Crippen LogP contribution in [0.1, 0.15) is 22.8 Å². The lowest BCUT2D eigenvalue weighted by molar-refractivity contribution is 0.0996. The Morgan fingerprint density at radius 3 is 2.64 bits per heavy atom. The van der Waals surface area contributed by atoms with Crippen molar-refractivity contribution in [3.8, 4) is 6.07 Å². The minimum Gasteiger partial charge on any atom is -0.293 e. The van der Waals surface area contributed by atoms with Crippen molar-refractivity contribution in [1.29, 1.82) is 5.26 Å². The minimum atomic E-state index is -0.233. The first-order valence-corrected chi connectivity index (χ1v) is 5.64. The van der Waals surface area contributed by atoms with Crippen LogP contribution in [0.3, 0.4) is 0 Å². The molecule has 0 saturated carbocycles. The van der Waals surface area contributed by atoms with Gasteiger partial charge in [0.2, 0.25) is 0 Å². The normalized spacial score (nSPS) is 11.9. The molecule has 0 aromatic heterocycles. The summed E-state index contributed by atoms with van der Waals surface area (Å²) in [6.07, 6.45) is 0. The Balaban J connectivity index is 3.17. The van der Waals surface area contributed by atoms with E-state index in [1.54, 1.807) is 25.1 Å². The van der Waals surface area contributed by atoms with Gasteiger partial charge in [0.05, 0.1) is 16.5 Å². The molecule has 0 spiro atoms. The van der Waals surface area contributed by atoms with Crippen molar-refractivity contribution >= 4 is 37.6 Å². The number of carbonyl (C=O) groups excluding carboxylic acids is 1. The average molecular weight is 317 g/mol. The fourth-order valence-electron chi connectivity index (χ4n) is 1.03. The van der Waals surface area contributed by atoms with Crippen molar-refractivity contribution in [2.75, 3.05) is 0 Å². The number of benzene rings is 1. The van der Waals surface area contributed by atoms with Gasteiger partial charge in [-0.15, -0.1) is 0 Å². The first-order valence-electron chi connectivity index (χ1n) is 3.93. The molecule has 0 radical (unpaired) electrons.